The summed E-state index contributed by atoms with van der Waals surface area (Å²) >= 11 is 0. The highest BCUT2D eigenvalue weighted by atomic mass is 16.3. The van der Waals surface area contributed by atoms with Gasteiger partial charge in [-0.1, -0.05) is 12.8 Å². The molecule has 2 fully saturated rings. The molecule has 2 N–H and O–H groups in total. The summed E-state index contributed by atoms with van der Waals surface area (Å²) in [5.41, 5.74) is -0.352. The van der Waals surface area contributed by atoms with Gasteiger partial charge in [0.2, 0.25) is 0 Å². The van der Waals surface area contributed by atoms with E-state index < -0.39 is 0 Å². The molecule has 2 nitrogen and oxygen atoms in total. The standard InChI is InChI=1S/C10H19NO/c12-10-6-2-1-4-9(10)5-3-7-11-8-10/h9,11-12H,1-8H2/t9-,10?/m1/s1. The Labute approximate surface area is 74.4 Å². The summed E-state index contributed by atoms with van der Waals surface area (Å²) in [6.45, 7) is 1.93. The highest BCUT2D eigenvalue weighted by Crippen LogP contribution is 2.37. The second-order valence-electron chi connectivity index (χ2n) is 4.37. The van der Waals surface area contributed by atoms with E-state index in [0.29, 0.717) is 5.92 Å². The van der Waals surface area contributed by atoms with E-state index in [1.54, 1.807) is 0 Å². The van der Waals surface area contributed by atoms with E-state index in [1.165, 1.54) is 32.1 Å². The summed E-state index contributed by atoms with van der Waals surface area (Å²) in [7, 11) is 0. The van der Waals surface area contributed by atoms with Crippen molar-refractivity contribution in [2.45, 2.75) is 44.1 Å². The summed E-state index contributed by atoms with van der Waals surface area (Å²) in [6.07, 6.45) is 7.28. The van der Waals surface area contributed by atoms with Gasteiger partial charge in [0.25, 0.3) is 0 Å². The van der Waals surface area contributed by atoms with Gasteiger partial charge in [0.1, 0.15) is 0 Å². The molecule has 2 aliphatic rings. The van der Waals surface area contributed by atoms with E-state index in [1.807, 2.05) is 0 Å². The van der Waals surface area contributed by atoms with E-state index in [4.69, 9.17) is 0 Å². The van der Waals surface area contributed by atoms with Crippen molar-refractivity contribution in [3.8, 4) is 0 Å². The number of fused-ring (bicyclic) bond motifs is 1. The zero-order chi connectivity index (χ0) is 8.44. The molecule has 2 rings (SSSR count). The first-order valence-corrected chi connectivity index (χ1v) is 5.24. The van der Waals surface area contributed by atoms with Crippen molar-refractivity contribution in [3.05, 3.63) is 0 Å². The first-order chi connectivity index (χ1) is 5.81. The normalized spacial score (nSPS) is 43.2. The Morgan fingerprint density at radius 1 is 1.17 bits per heavy atom. The van der Waals surface area contributed by atoms with E-state index in [9.17, 15) is 5.11 Å². The van der Waals surface area contributed by atoms with Crippen LogP contribution in [0.2, 0.25) is 0 Å². The molecule has 0 spiro atoms. The zero-order valence-corrected chi connectivity index (χ0v) is 7.68. The van der Waals surface area contributed by atoms with Gasteiger partial charge >= 0.3 is 0 Å². The molecule has 1 aliphatic heterocycles. The van der Waals surface area contributed by atoms with Crippen LogP contribution >= 0.6 is 0 Å². The Hall–Kier alpha value is -0.0800. The second-order valence-corrected chi connectivity index (χ2v) is 4.37. The molecule has 0 aromatic heterocycles. The van der Waals surface area contributed by atoms with Crippen LogP contribution < -0.4 is 5.32 Å². The van der Waals surface area contributed by atoms with Crippen LogP contribution in [0.15, 0.2) is 0 Å². The van der Waals surface area contributed by atoms with Crippen molar-refractivity contribution < 1.29 is 5.11 Å². The van der Waals surface area contributed by atoms with Crippen molar-refractivity contribution in [1.82, 2.24) is 5.32 Å². The summed E-state index contributed by atoms with van der Waals surface area (Å²) in [5, 5.41) is 13.6. The summed E-state index contributed by atoms with van der Waals surface area (Å²) in [4.78, 5) is 0. The van der Waals surface area contributed by atoms with Crippen LogP contribution in [0.1, 0.15) is 38.5 Å². The monoisotopic (exact) mass is 169 g/mol. The first-order valence-electron chi connectivity index (χ1n) is 5.24. The number of nitrogens with one attached hydrogen (secondary N) is 1. The Morgan fingerprint density at radius 3 is 2.92 bits per heavy atom. The minimum absolute atomic E-state index is 0.352. The highest BCUT2D eigenvalue weighted by molar-refractivity contribution is 4.93. The summed E-state index contributed by atoms with van der Waals surface area (Å²) < 4.78 is 0. The van der Waals surface area contributed by atoms with Gasteiger partial charge in [-0.05, 0) is 38.1 Å². The maximum atomic E-state index is 10.3. The molecule has 2 atom stereocenters. The van der Waals surface area contributed by atoms with Crippen molar-refractivity contribution >= 4 is 0 Å². The molecule has 12 heavy (non-hydrogen) atoms. The Kier molecular flexibility index (Phi) is 2.37. The van der Waals surface area contributed by atoms with E-state index >= 15 is 0 Å². The van der Waals surface area contributed by atoms with E-state index in [2.05, 4.69) is 5.32 Å². The van der Waals surface area contributed by atoms with Crippen LogP contribution in [0.5, 0.6) is 0 Å². The molecule has 1 aliphatic carbocycles. The smallest absolute Gasteiger partial charge is 0.0799 e. The van der Waals surface area contributed by atoms with Crippen LogP contribution in [0, 0.1) is 5.92 Å². The largest absolute Gasteiger partial charge is 0.388 e. The SMILES string of the molecule is OC12CCCC[C@@H]1CCCNC2. The Balaban J connectivity index is 2.07. The number of hydrogen-bond acceptors (Lipinski definition) is 2. The van der Waals surface area contributed by atoms with Gasteiger partial charge in [-0.25, -0.2) is 0 Å². The third kappa shape index (κ3) is 1.50. The molecule has 1 saturated carbocycles. The lowest BCUT2D eigenvalue weighted by molar-refractivity contribution is -0.0429. The molecular formula is C10H19NO. The Morgan fingerprint density at radius 2 is 2.00 bits per heavy atom. The maximum Gasteiger partial charge on any atom is 0.0799 e. The molecule has 1 saturated heterocycles. The molecule has 1 heterocycles. The van der Waals surface area contributed by atoms with Crippen LogP contribution in [0.25, 0.3) is 0 Å². The third-order valence-electron chi connectivity index (χ3n) is 3.51. The lowest BCUT2D eigenvalue weighted by Gasteiger charge is -2.38. The molecule has 0 radical (unpaired) electrons. The number of β-amino-alcohol motifs (C(OH)–C–C–N with tert-alkyl or cyclic N) is 1. The van der Waals surface area contributed by atoms with Gasteiger partial charge in [-0.2, -0.15) is 0 Å². The number of aliphatic hydroxyl groups is 1. The minimum Gasteiger partial charge on any atom is -0.388 e. The second kappa shape index (κ2) is 3.35. The number of rotatable bonds is 0. The van der Waals surface area contributed by atoms with Gasteiger partial charge in [0.05, 0.1) is 5.60 Å². The van der Waals surface area contributed by atoms with Gasteiger partial charge in [-0.3, -0.25) is 0 Å². The molecule has 0 bridgehead atoms. The van der Waals surface area contributed by atoms with Crippen LogP contribution in [-0.2, 0) is 0 Å². The van der Waals surface area contributed by atoms with Crippen LogP contribution in [0.3, 0.4) is 0 Å². The molecule has 70 valence electrons. The Bertz CT molecular complexity index is 160. The van der Waals surface area contributed by atoms with Crippen molar-refractivity contribution in [3.63, 3.8) is 0 Å². The molecule has 0 aromatic carbocycles. The predicted octanol–water partition coefficient (Wildman–Crippen LogP) is 1.29. The van der Waals surface area contributed by atoms with Crippen molar-refractivity contribution in [1.29, 1.82) is 0 Å². The predicted molar refractivity (Wildman–Crippen MR) is 49.0 cm³/mol. The average Bonchev–Trinajstić information content (AvgIpc) is 2.25. The van der Waals surface area contributed by atoms with Gasteiger partial charge < -0.3 is 10.4 Å². The van der Waals surface area contributed by atoms with E-state index in [-0.39, 0.29) is 5.60 Å². The van der Waals surface area contributed by atoms with Crippen molar-refractivity contribution in [2.75, 3.05) is 13.1 Å². The van der Waals surface area contributed by atoms with Crippen LogP contribution in [0.4, 0.5) is 0 Å². The maximum absolute atomic E-state index is 10.3. The molecule has 2 heteroatoms. The molecule has 0 amide bonds. The zero-order valence-electron chi connectivity index (χ0n) is 7.68. The molecule has 1 unspecified atom stereocenters. The van der Waals surface area contributed by atoms with Crippen molar-refractivity contribution in [2.24, 2.45) is 5.92 Å². The quantitative estimate of drug-likeness (QED) is 0.572. The first kappa shape index (κ1) is 8.52. The van der Waals surface area contributed by atoms with Gasteiger partial charge in [0.15, 0.2) is 0 Å². The van der Waals surface area contributed by atoms with Crippen LogP contribution in [-0.4, -0.2) is 23.8 Å². The highest BCUT2D eigenvalue weighted by Gasteiger charge is 2.38. The molecular weight excluding hydrogens is 150 g/mol. The topological polar surface area (TPSA) is 32.3 Å². The molecule has 0 aromatic rings. The third-order valence-corrected chi connectivity index (χ3v) is 3.51. The fourth-order valence-corrected chi connectivity index (χ4v) is 2.72. The van der Waals surface area contributed by atoms with Gasteiger partial charge in [-0.15, -0.1) is 0 Å². The summed E-state index contributed by atoms with van der Waals surface area (Å²) in [6, 6.07) is 0. The van der Waals surface area contributed by atoms with Gasteiger partial charge in [0, 0.05) is 6.54 Å². The number of hydrogen-bond donors (Lipinski definition) is 2. The minimum atomic E-state index is -0.352. The fraction of sp³-hybridized carbons (Fsp3) is 1.00. The van der Waals surface area contributed by atoms with E-state index in [0.717, 1.165) is 19.5 Å². The fourth-order valence-electron chi connectivity index (χ4n) is 2.72. The average molecular weight is 169 g/mol. The lowest BCUT2D eigenvalue weighted by Crippen LogP contribution is -2.46. The summed E-state index contributed by atoms with van der Waals surface area (Å²) in [5.74, 6) is 0.584. The lowest BCUT2D eigenvalue weighted by atomic mass is 9.74.